The molecule has 0 fully saturated rings. The van der Waals surface area contributed by atoms with E-state index in [1.165, 1.54) is 24.1 Å². The minimum Gasteiger partial charge on any atom is -0.495 e. The fraction of sp³-hybridized carbons (Fsp3) is 0.316. The Morgan fingerprint density at radius 1 is 0.851 bits per heavy atom. The number of hydrogen-bond donors (Lipinski definition) is 1. The van der Waals surface area contributed by atoms with Gasteiger partial charge in [-0.1, -0.05) is 85.3 Å². The van der Waals surface area contributed by atoms with Gasteiger partial charge in [-0.2, -0.15) is 0 Å². The quantitative estimate of drug-likeness (QED) is 0.170. The van der Waals surface area contributed by atoms with Crippen LogP contribution in [0.1, 0.15) is 48.1 Å². The van der Waals surface area contributed by atoms with Crippen molar-refractivity contribution in [2.45, 2.75) is 71.0 Å². The second-order valence-electron chi connectivity index (χ2n) is 12.0. The maximum atomic E-state index is 14.7. The number of nitrogens with zero attached hydrogens (tertiary/aromatic N) is 2. The van der Waals surface area contributed by atoms with E-state index in [2.05, 4.69) is 5.32 Å². The molecule has 0 aliphatic carbocycles. The predicted octanol–water partition coefficient (Wildman–Crippen LogP) is 6.37. The summed E-state index contributed by atoms with van der Waals surface area (Å²) in [6.07, 6.45) is 0.963. The molecule has 47 heavy (non-hydrogen) atoms. The number of nitrogens with one attached hydrogen (secondary N) is 1. The molecular weight excluding hydrogens is 611 g/mol. The molecule has 0 unspecified atom stereocenters. The Balaban J connectivity index is 1.87. The second kappa shape index (κ2) is 15.8. The molecule has 4 aromatic rings. The van der Waals surface area contributed by atoms with E-state index in [1.807, 2.05) is 95.3 Å². The van der Waals surface area contributed by atoms with Crippen LogP contribution in [0.15, 0.2) is 102 Å². The Hall–Kier alpha value is -4.63. The average molecular weight is 656 g/mol. The van der Waals surface area contributed by atoms with Crippen LogP contribution >= 0.6 is 0 Å². The van der Waals surface area contributed by atoms with Gasteiger partial charge in [0.25, 0.3) is 10.0 Å². The van der Waals surface area contributed by atoms with E-state index >= 15 is 0 Å². The second-order valence-corrected chi connectivity index (χ2v) is 13.8. The van der Waals surface area contributed by atoms with Crippen LogP contribution in [0.4, 0.5) is 5.69 Å². The van der Waals surface area contributed by atoms with E-state index in [-0.39, 0.29) is 35.5 Å². The SMILES string of the molecule is CC[C@@H](C)NC(=O)[C@H](Cc1ccccc1)N(Cc1ccccc1C)C(=O)CN(c1cc(C)ccc1OC)S(=O)(=O)c1ccc(C)cc1. The first kappa shape index (κ1) is 35.2. The molecule has 248 valence electrons. The van der Waals surface area contributed by atoms with Crippen LogP contribution < -0.4 is 14.4 Å². The summed E-state index contributed by atoms with van der Waals surface area (Å²) in [5, 5.41) is 3.07. The van der Waals surface area contributed by atoms with Crippen LogP contribution in [0, 0.1) is 20.8 Å². The molecule has 0 aromatic heterocycles. The van der Waals surface area contributed by atoms with Gasteiger partial charge in [0, 0.05) is 19.0 Å². The Bertz CT molecular complexity index is 1780. The number of amides is 2. The van der Waals surface area contributed by atoms with Gasteiger partial charge < -0.3 is 15.0 Å². The zero-order valence-corrected chi connectivity index (χ0v) is 28.9. The minimum atomic E-state index is -4.25. The van der Waals surface area contributed by atoms with Crippen LogP contribution in [0.25, 0.3) is 0 Å². The topological polar surface area (TPSA) is 96.0 Å². The zero-order chi connectivity index (χ0) is 34.1. The van der Waals surface area contributed by atoms with Crippen LogP contribution in [0.5, 0.6) is 5.75 Å². The van der Waals surface area contributed by atoms with Crippen molar-refractivity contribution >= 4 is 27.5 Å². The highest BCUT2D eigenvalue weighted by atomic mass is 32.2. The van der Waals surface area contributed by atoms with Crippen LogP contribution in [0.3, 0.4) is 0 Å². The first-order valence-electron chi connectivity index (χ1n) is 15.9. The first-order chi connectivity index (χ1) is 22.4. The van der Waals surface area contributed by atoms with Crippen molar-refractivity contribution in [3.05, 3.63) is 125 Å². The third-order valence-electron chi connectivity index (χ3n) is 8.36. The highest BCUT2D eigenvalue weighted by molar-refractivity contribution is 7.92. The number of carbonyl (C=O) groups excluding carboxylic acids is 2. The number of sulfonamides is 1. The Morgan fingerprint density at radius 2 is 1.49 bits per heavy atom. The molecule has 0 spiro atoms. The Labute approximate surface area is 279 Å². The molecular formula is C38H45N3O5S. The number of aryl methyl sites for hydroxylation is 3. The molecule has 2 amide bonds. The van der Waals surface area contributed by atoms with Crippen LogP contribution in [-0.4, -0.2) is 50.9 Å². The lowest BCUT2D eigenvalue weighted by Crippen LogP contribution is -2.54. The van der Waals surface area contributed by atoms with E-state index in [0.717, 1.165) is 32.1 Å². The summed E-state index contributed by atoms with van der Waals surface area (Å²) < 4.78 is 35.5. The largest absolute Gasteiger partial charge is 0.495 e. The van der Waals surface area contributed by atoms with Gasteiger partial charge in [-0.25, -0.2) is 8.42 Å². The van der Waals surface area contributed by atoms with Crippen LogP contribution in [-0.2, 0) is 32.6 Å². The number of rotatable bonds is 14. The number of ether oxygens (including phenoxy) is 1. The molecule has 0 bridgehead atoms. The summed E-state index contributed by atoms with van der Waals surface area (Å²) in [7, 11) is -2.79. The summed E-state index contributed by atoms with van der Waals surface area (Å²) in [5.74, 6) is -0.515. The van der Waals surface area contributed by atoms with Gasteiger partial charge in [-0.15, -0.1) is 0 Å². The molecule has 2 atom stereocenters. The van der Waals surface area contributed by atoms with E-state index in [1.54, 1.807) is 24.3 Å². The summed E-state index contributed by atoms with van der Waals surface area (Å²) >= 11 is 0. The number of benzene rings is 4. The van der Waals surface area contributed by atoms with E-state index < -0.39 is 28.5 Å². The normalized spacial score (nSPS) is 12.6. The Morgan fingerprint density at radius 3 is 2.13 bits per heavy atom. The van der Waals surface area contributed by atoms with Gasteiger partial charge in [0.05, 0.1) is 17.7 Å². The average Bonchev–Trinajstić information content (AvgIpc) is 3.06. The molecule has 4 aromatic carbocycles. The predicted molar refractivity (Wildman–Crippen MR) is 187 cm³/mol. The van der Waals surface area contributed by atoms with Gasteiger partial charge in [0.1, 0.15) is 18.3 Å². The van der Waals surface area contributed by atoms with Gasteiger partial charge in [-0.05, 0) is 80.6 Å². The zero-order valence-electron chi connectivity index (χ0n) is 28.1. The van der Waals surface area contributed by atoms with Crippen LogP contribution in [0.2, 0.25) is 0 Å². The van der Waals surface area contributed by atoms with Gasteiger partial charge >= 0.3 is 0 Å². The number of methoxy groups -OCH3 is 1. The fourth-order valence-electron chi connectivity index (χ4n) is 5.31. The van der Waals surface area contributed by atoms with Crippen molar-refractivity contribution in [3.8, 4) is 5.75 Å². The summed E-state index contributed by atoms with van der Waals surface area (Å²) in [6, 6.07) is 27.9. The van der Waals surface area contributed by atoms with Crippen molar-refractivity contribution in [2.24, 2.45) is 0 Å². The van der Waals surface area contributed by atoms with Gasteiger partial charge in [-0.3, -0.25) is 13.9 Å². The minimum absolute atomic E-state index is 0.0419. The molecule has 9 heteroatoms. The lowest BCUT2D eigenvalue weighted by molar-refractivity contribution is -0.140. The van der Waals surface area contributed by atoms with Crippen molar-refractivity contribution in [1.29, 1.82) is 0 Å². The molecule has 0 radical (unpaired) electrons. The summed E-state index contributed by atoms with van der Waals surface area (Å²) in [4.78, 5) is 30.3. The molecule has 0 heterocycles. The number of carbonyl (C=O) groups is 2. The van der Waals surface area contributed by atoms with Crippen molar-refractivity contribution < 1.29 is 22.7 Å². The lowest BCUT2D eigenvalue weighted by atomic mass is 10.0. The lowest BCUT2D eigenvalue weighted by Gasteiger charge is -2.35. The molecule has 4 rings (SSSR count). The highest BCUT2D eigenvalue weighted by Gasteiger charge is 2.36. The number of hydrogen-bond acceptors (Lipinski definition) is 5. The smallest absolute Gasteiger partial charge is 0.264 e. The van der Waals surface area contributed by atoms with E-state index in [0.29, 0.717) is 12.2 Å². The molecule has 0 aliphatic rings. The summed E-state index contributed by atoms with van der Waals surface area (Å²) in [5.41, 5.74) is 4.63. The first-order valence-corrected chi connectivity index (χ1v) is 17.3. The van der Waals surface area contributed by atoms with E-state index in [4.69, 9.17) is 4.74 Å². The van der Waals surface area contributed by atoms with Crippen molar-refractivity contribution in [2.75, 3.05) is 18.0 Å². The molecule has 0 saturated heterocycles. The summed E-state index contributed by atoms with van der Waals surface area (Å²) in [6.45, 7) is 9.14. The standard InChI is InChI=1S/C38H45N3O5S/c1-7-30(5)39-38(43)35(24-31-14-9-8-10-15-31)40(25-32-16-12-11-13-29(32)4)37(42)26-41(34-23-28(3)19-22-36(34)46-6)47(44,45)33-20-17-27(2)18-21-33/h8-23,30,35H,7,24-26H2,1-6H3,(H,39,43)/t30-,35+/m1/s1. The van der Waals surface area contributed by atoms with Gasteiger partial charge in [0.2, 0.25) is 11.8 Å². The fourth-order valence-corrected chi connectivity index (χ4v) is 6.73. The maximum Gasteiger partial charge on any atom is 0.264 e. The van der Waals surface area contributed by atoms with Crippen molar-refractivity contribution in [3.63, 3.8) is 0 Å². The molecule has 8 nitrogen and oxygen atoms in total. The molecule has 1 N–H and O–H groups in total. The van der Waals surface area contributed by atoms with Gasteiger partial charge in [0.15, 0.2) is 0 Å². The Kier molecular flexibility index (Phi) is 11.8. The monoisotopic (exact) mass is 655 g/mol. The van der Waals surface area contributed by atoms with E-state index in [9.17, 15) is 18.0 Å². The highest BCUT2D eigenvalue weighted by Crippen LogP contribution is 2.34. The maximum absolute atomic E-state index is 14.7. The molecule has 0 saturated carbocycles. The third-order valence-corrected chi connectivity index (χ3v) is 10.1. The van der Waals surface area contributed by atoms with Crippen molar-refractivity contribution in [1.82, 2.24) is 10.2 Å². The number of anilines is 1. The molecule has 0 aliphatic heterocycles. The third kappa shape index (κ3) is 8.80.